The summed E-state index contributed by atoms with van der Waals surface area (Å²) in [7, 11) is 3.11. The van der Waals surface area contributed by atoms with Gasteiger partial charge >= 0.3 is 6.01 Å². The minimum atomic E-state index is 0.297. The van der Waals surface area contributed by atoms with E-state index in [0.717, 1.165) is 5.56 Å². The van der Waals surface area contributed by atoms with Gasteiger partial charge in [-0.15, -0.1) is 0 Å². The van der Waals surface area contributed by atoms with Gasteiger partial charge < -0.3 is 14.0 Å². The molecule has 1 aromatic carbocycles. The van der Waals surface area contributed by atoms with Crippen molar-refractivity contribution in [2.24, 2.45) is 0 Å². The number of ether oxygens (including phenoxy) is 2. The molecule has 0 atom stereocenters. The van der Waals surface area contributed by atoms with E-state index in [2.05, 4.69) is 20.1 Å². The van der Waals surface area contributed by atoms with Crippen molar-refractivity contribution in [1.29, 1.82) is 0 Å². The summed E-state index contributed by atoms with van der Waals surface area (Å²) >= 11 is 0. The minimum absolute atomic E-state index is 0.297. The van der Waals surface area contributed by atoms with E-state index in [1.54, 1.807) is 13.3 Å². The molecule has 2 heterocycles. The Labute approximate surface area is 126 Å². The van der Waals surface area contributed by atoms with Gasteiger partial charge in [0.15, 0.2) is 0 Å². The van der Waals surface area contributed by atoms with E-state index in [1.807, 2.05) is 31.2 Å². The average molecular weight is 298 g/mol. The molecule has 0 radical (unpaired) electrons. The van der Waals surface area contributed by atoms with Crippen LogP contribution in [-0.2, 0) is 0 Å². The van der Waals surface area contributed by atoms with Crippen molar-refractivity contribution in [2.45, 2.75) is 6.92 Å². The highest BCUT2D eigenvalue weighted by molar-refractivity contribution is 5.66. The summed E-state index contributed by atoms with van der Waals surface area (Å²) < 4.78 is 15.6. The van der Waals surface area contributed by atoms with Gasteiger partial charge in [-0.05, 0) is 19.1 Å². The van der Waals surface area contributed by atoms with Gasteiger partial charge in [-0.1, -0.05) is 17.3 Å². The number of hydrogen-bond acceptors (Lipinski definition) is 7. The lowest BCUT2D eigenvalue weighted by Crippen LogP contribution is -1.96. The van der Waals surface area contributed by atoms with Crippen LogP contribution in [0, 0.1) is 6.92 Å². The van der Waals surface area contributed by atoms with Gasteiger partial charge in [-0.2, -0.15) is 9.97 Å². The second-order valence-electron chi connectivity index (χ2n) is 4.48. The Morgan fingerprint density at radius 2 is 1.82 bits per heavy atom. The molecule has 0 saturated heterocycles. The molecule has 0 saturated carbocycles. The van der Waals surface area contributed by atoms with Crippen molar-refractivity contribution in [2.75, 3.05) is 14.2 Å². The fraction of sp³-hybridized carbons (Fsp3) is 0.200. The van der Waals surface area contributed by atoms with E-state index < -0.39 is 0 Å². The predicted octanol–water partition coefficient (Wildman–Crippen LogP) is 2.52. The van der Waals surface area contributed by atoms with Gasteiger partial charge in [0.25, 0.3) is 5.89 Å². The summed E-state index contributed by atoms with van der Waals surface area (Å²) in [5.74, 6) is 1.47. The first kappa shape index (κ1) is 14.0. The fourth-order valence-electron chi connectivity index (χ4n) is 2.03. The predicted molar refractivity (Wildman–Crippen MR) is 78.6 cm³/mol. The van der Waals surface area contributed by atoms with E-state index >= 15 is 0 Å². The molecule has 3 rings (SSSR count). The number of aryl methyl sites for hydroxylation is 1. The summed E-state index contributed by atoms with van der Waals surface area (Å²) in [6.45, 7) is 1.83. The molecule has 0 aliphatic heterocycles. The maximum absolute atomic E-state index is 5.32. The van der Waals surface area contributed by atoms with Crippen LogP contribution < -0.4 is 9.47 Å². The SMILES string of the molecule is COc1ncc(-c2nc(-c3ccccc3OC)no2)c(C)n1. The molecule has 2 aromatic heterocycles. The summed E-state index contributed by atoms with van der Waals surface area (Å²) in [5, 5.41) is 4.00. The van der Waals surface area contributed by atoms with Gasteiger partial charge in [0, 0.05) is 6.20 Å². The van der Waals surface area contributed by atoms with Crippen LogP contribution >= 0.6 is 0 Å². The first-order valence-electron chi connectivity index (χ1n) is 6.58. The molecule has 0 amide bonds. The van der Waals surface area contributed by atoms with Crippen LogP contribution in [0.4, 0.5) is 0 Å². The first-order chi connectivity index (χ1) is 10.7. The number of nitrogens with zero attached hydrogens (tertiary/aromatic N) is 4. The van der Waals surface area contributed by atoms with Crippen LogP contribution in [0.1, 0.15) is 5.69 Å². The number of para-hydroxylation sites is 1. The standard InChI is InChI=1S/C15H14N4O3/c1-9-11(8-16-15(17-9)21-3)14-18-13(19-22-14)10-6-4-5-7-12(10)20-2/h4-8H,1-3H3. The molecule has 0 spiro atoms. The Morgan fingerprint density at radius 3 is 2.55 bits per heavy atom. The highest BCUT2D eigenvalue weighted by Gasteiger charge is 2.16. The second kappa shape index (κ2) is 5.80. The molecule has 7 nitrogen and oxygen atoms in total. The Kier molecular flexibility index (Phi) is 3.69. The number of methoxy groups -OCH3 is 2. The van der Waals surface area contributed by atoms with Gasteiger partial charge in [0.05, 0.1) is 31.0 Å². The third-order valence-corrected chi connectivity index (χ3v) is 3.14. The monoisotopic (exact) mass is 298 g/mol. The summed E-state index contributed by atoms with van der Waals surface area (Å²) in [6.07, 6.45) is 1.60. The van der Waals surface area contributed by atoms with E-state index in [4.69, 9.17) is 14.0 Å². The zero-order valence-corrected chi connectivity index (χ0v) is 12.4. The van der Waals surface area contributed by atoms with Crippen LogP contribution in [0.25, 0.3) is 22.8 Å². The van der Waals surface area contributed by atoms with Crippen molar-refractivity contribution in [3.05, 3.63) is 36.2 Å². The van der Waals surface area contributed by atoms with Crippen molar-refractivity contribution in [3.8, 4) is 34.6 Å². The molecule has 0 aliphatic rings. The third kappa shape index (κ3) is 2.48. The van der Waals surface area contributed by atoms with Crippen LogP contribution in [0.3, 0.4) is 0 Å². The quantitative estimate of drug-likeness (QED) is 0.731. The first-order valence-corrected chi connectivity index (χ1v) is 6.58. The smallest absolute Gasteiger partial charge is 0.316 e. The zero-order valence-electron chi connectivity index (χ0n) is 12.4. The van der Waals surface area contributed by atoms with Gasteiger partial charge in [0.2, 0.25) is 5.82 Å². The summed E-state index contributed by atoms with van der Waals surface area (Å²) in [6, 6.07) is 7.77. The molecule has 0 aliphatic carbocycles. The maximum Gasteiger partial charge on any atom is 0.316 e. The second-order valence-corrected chi connectivity index (χ2v) is 4.48. The third-order valence-electron chi connectivity index (χ3n) is 3.14. The summed E-state index contributed by atoms with van der Waals surface area (Å²) in [5.41, 5.74) is 2.11. The van der Waals surface area contributed by atoms with Gasteiger partial charge in [-0.25, -0.2) is 4.98 Å². The molecule has 7 heteroatoms. The topological polar surface area (TPSA) is 83.2 Å². The zero-order chi connectivity index (χ0) is 15.5. The number of hydrogen-bond donors (Lipinski definition) is 0. The molecule has 22 heavy (non-hydrogen) atoms. The molecule has 3 aromatic rings. The largest absolute Gasteiger partial charge is 0.496 e. The van der Waals surface area contributed by atoms with Crippen LogP contribution in [0.2, 0.25) is 0 Å². The van der Waals surface area contributed by atoms with Gasteiger partial charge in [-0.3, -0.25) is 0 Å². The Bertz CT molecular complexity index is 801. The highest BCUT2D eigenvalue weighted by atomic mass is 16.5. The van der Waals surface area contributed by atoms with Crippen molar-refractivity contribution in [1.82, 2.24) is 20.1 Å². The number of benzene rings is 1. The van der Waals surface area contributed by atoms with Crippen molar-refractivity contribution >= 4 is 0 Å². The molecule has 112 valence electrons. The molecule has 0 bridgehead atoms. The van der Waals surface area contributed by atoms with E-state index in [1.165, 1.54) is 7.11 Å². The lowest BCUT2D eigenvalue weighted by Gasteiger charge is -2.03. The summed E-state index contributed by atoms with van der Waals surface area (Å²) in [4.78, 5) is 12.7. The Balaban J connectivity index is 2.01. The number of aromatic nitrogens is 4. The van der Waals surface area contributed by atoms with Crippen LogP contribution in [0.5, 0.6) is 11.8 Å². The van der Waals surface area contributed by atoms with E-state index in [-0.39, 0.29) is 0 Å². The van der Waals surface area contributed by atoms with Crippen molar-refractivity contribution < 1.29 is 14.0 Å². The lowest BCUT2D eigenvalue weighted by molar-refractivity contribution is 0.378. The fourth-order valence-corrected chi connectivity index (χ4v) is 2.03. The van der Waals surface area contributed by atoms with Crippen molar-refractivity contribution in [3.63, 3.8) is 0 Å². The molecule has 0 unspecified atom stereocenters. The molecule has 0 N–H and O–H groups in total. The van der Waals surface area contributed by atoms with E-state index in [9.17, 15) is 0 Å². The normalized spacial score (nSPS) is 10.5. The maximum atomic E-state index is 5.32. The average Bonchev–Trinajstić information content (AvgIpc) is 3.04. The lowest BCUT2D eigenvalue weighted by atomic mass is 10.2. The van der Waals surface area contributed by atoms with Crippen LogP contribution in [-0.4, -0.2) is 34.3 Å². The number of rotatable bonds is 4. The molecular weight excluding hydrogens is 284 g/mol. The Morgan fingerprint density at radius 1 is 1.00 bits per heavy atom. The Hall–Kier alpha value is -2.96. The molecular formula is C15H14N4O3. The van der Waals surface area contributed by atoms with E-state index in [0.29, 0.717) is 34.7 Å². The minimum Gasteiger partial charge on any atom is -0.496 e. The molecule has 0 fully saturated rings. The highest BCUT2D eigenvalue weighted by Crippen LogP contribution is 2.29. The van der Waals surface area contributed by atoms with Crippen LogP contribution in [0.15, 0.2) is 35.0 Å². The van der Waals surface area contributed by atoms with Gasteiger partial charge in [0.1, 0.15) is 5.75 Å².